The van der Waals surface area contributed by atoms with Gasteiger partial charge >= 0.3 is 0 Å². The van der Waals surface area contributed by atoms with E-state index in [0.717, 1.165) is 0 Å². The van der Waals surface area contributed by atoms with Crippen LogP contribution in [0.3, 0.4) is 0 Å². The minimum atomic E-state index is -0.531. The van der Waals surface area contributed by atoms with Gasteiger partial charge in [-0.2, -0.15) is 0 Å². The highest BCUT2D eigenvalue weighted by molar-refractivity contribution is 6.00. The monoisotopic (exact) mass is 208 g/mol. The van der Waals surface area contributed by atoms with Gasteiger partial charge in [-0.15, -0.1) is 0 Å². The van der Waals surface area contributed by atoms with E-state index in [-0.39, 0.29) is 34.2 Å². The molecule has 0 aromatic carbocycles. The van der Waals surface area contributed by atoms with Gasteiger partial charge in [-0.3, -0.25) is 14.4 Å². The number of hydrogen-bond acceptors (Lipinski definition) is 4. The molecule has 0 radical (unpaired) electrons. The molecule has 0 spiro atoms. The molecular weight excluding hydrogens is 196 g/mol. The van der Waals surface area contributed by atoms with Crippen molar-refractivity contribution in [3.63, 3.8) is 0 Å². The van der Waals surface area contributed by atoms with E-state index in [1.54, 1.807) is 0 Å². The molecule has 0 bridgehead atoms. The predicted molar refractivity (Wildman–Crippen MR) is 54.5 cm³/mol. The molecule has 80 valence electrons. The van der Waals surface area contributed by atoms with Crippen molar-refractivity contribution in [2.75, 3.05) is 0 Å². The topological polar surface area (TPSA) is 64.3 Å². The van der Waals surface area contributed by atoms with Gasteiger partial charge in [-0.1, -0.05) is 0 Å². The number of Topliss-reactive ketones (excluding diaryl/α,β-unsaturated/α-hetero) is 2. The average molecular weight is 208 g/mol. The first-order valence-corrected chi connectivity index (χ1v) is 4.52. The molecule has 4 heteroatoms. The van der Waals surface area contributed by atoms with E-state index in [4.69, 9.17) is 4.42 Å². The first kappa shape index (κ1) is 11.4. The fraction of sp³-hybridized carbons (Fsp3) is 0.364. The summed E-state index contributed by atoms with van der Waals surface area (Å²) in [6.45, 7) is 5.63. The van der Waals surface area contributed by atoms with Gasteiger partial charge in [-0.05, 0) is 27.7 Å². The fourth-order valence-corrected chi connectivity index (χ4v) is 1.59. The quantitative estimate of drug-likeness (QED) is 0.693. The lowest BCUT2D eigenvalue weighted by Gasteiger charge is -2.05. The summed E-state index contributed by atoms with van der Waals surface area (Å²) in [5.41, 5.74) is -0.604. The summed E-state index contributed by atoms with van der Waals surface area (Å²) in [4.78, 5) is 34.2. The summed E-state index contributed by atoms with van der Waals surface area (Å²) in [6.07, 6.45) is 0. The van der Waals surface area contributed by atoms with E-state index in [1.807, 2.05) is 0 Å². The van der Waals surface area contributed by atoms with Crippen LogP contribution in [0.4, 0.5) is 0 Å². The Bertz CT molecular complexity index is 453. The van der Waals surface area contributed by atoms with E-state index >= 15 is 0 Å². The molecule has 0 aliphatic carbocycles. The Morgan fingerprint density at radius 2 is 1.27 bits per heavy atom. The van der Waals surface area contributed by atoms with Crippen LogP contribution in [-0.4, -0.2) is 11.6 Å². The van der Waals surface area contributed by atoms with Crippen molar-refractivity contribution in [3.05, 3.63) is 32.9 Å². The van der Waals surface area contributed by atoms with Crippen molar-refractivity contribution >= 4 is 11.6 Å². The maximum Gasteiger partial charge on any atom is 0.206 e. The second kappa shape index (κ2) is 3.81. The molecule has 0 unspecified atom stereocenters. The van der Waals surface area contributed by atoms with Gasteiger partial charge in [0.1, 0.15) is 22.6 Å². The number of aryl methyl sites for hydroxylation is 2. The van der Waals surface area contributed by atoms with Gasteiger partial charge in [0.05, 0.1) is 0 Å². The van der Waals surface area contributed by atoms with Crippen LogP contribution in [0.5, 0.6) is 0 Å². The molecule has 0 atom stereocenters. The van der Waals surface area contributed by atoms with Gasteiger partial charge in [-0.25, -0.2) is 0 Å². The summed E-state index contributed by atoms with van der Waals surface area (Å²) in [5, 5.41) is 0. The number of carbonyl (C=O) groups excluding carboxylic acids is 2. The van der Waals surface area contributed by atoms with E-state index < -0.39 is 5.43 Å². The molecule has 0 N–H and O–H groups in total. The minimum absolute atomic E-state index is 0.0363. The van der Waals surface area contributed by atoms with Crippen LogP contribution in [0.2, 0.25) is 0 Å². The molecule has 1 aromatic rings. The van der Waals surface area contributed by atoms with Crippen LogP contribution in [0.25, 0.3) is 0 Å². The van der Waals surface area contributed by atoms with Crippen molar-refractivity contribution < 1.29 is 14.0 Å². The van der Waals surface area contributed by atoms with Crippen LogP contribution in [0.15, 0.2) is 9.21 Å². The lowest BCUT2D eigenvalue weighted by atomic mass is 10.0. The first-order valence-electron chi connectivity index (χ1n) is 4.52. The van der Waals surface area contributed by atoms with E-state index in [2.05, 4.69) is 0 Å². The number of hydrogen-bond donors (Lipinski definition) is 0. The molecule has 0 saturated heterocycles. The van der Waals surface area contributed by atoms with Crippen LogP contribution >= 0.6 is 0 Å². The minimum Gasteiger partial charge on any atom is -0.465 e. The highest BCUT2D eigenvalue weighted by Crippen LogP contribution is 2.11. The standard InChI is InChI=1S/C11H12O4/c1-5(12)9-7(3)15-8(4)10(6(2)13)11(9)14/h1-4H3. The number of rotatable bonds is 2. The zero-order chi connectivity index (χ0) is 11.7. The fourth-order valence-electron chi connectivity index (χ4n) is 1.59. The molecule has 0 fully saturated rings. The largest absolute Gasteiger partial charge is 0.465 e. The summed E-state index contributed by atoms with van der Waals surface area (Å²) in [5.74, 6) is -0.252. The molecule has 15 heavy (non-hydrogen) atoms. The van der Waals surface area contributed by atoms with Gasteiger partial charge in [0.15, 0.2) is 11.6 Å². The van der Waals surface area contributed by atoms with E-state index in [1.165, 1.54) is 27.7 Å². The highest BCUT2D eigenvalue weighted by Gasteiger charge is 2.20. The molecule has 0 aliphatic rings. The lowest BCUT2D eigenvalue weighted by molar-refractivity contribution is 0.101. The maximum absolute atomic E-state index is 11.8. The van der Waals surface area contributed by atoms with Crippen molar-refractivity contribution in [3.8, 4) is 0 Å². The van der Waals surface area contributed by atoms with Crippen molar-refractivity contribution in [1.82, 2.24) is 0 Å². The lowest BCUT2D eigenvalue weighted by Crippen LogP contribution is -2.22. The van der Waals surface area contributed by atoms with Crippen LogP contribution in [0.1, 0.15) is 46.1 Å². The molecule has 0 amide bonds. The third-order valence-electron chi connectivity index (χ3n) is 2.17. The van der Waals surface area contributed by atoms with Crippen LogP contribution < -0.4 is 5.43 Å². The normalized spacial score (nSPS) is 10.1. The Morgan fingerprint density at radius 3 is 1.53 bits per heavy atom. The molecule has 4 nitrogen and oxygen atoms in total. The second-order valence-electron chi connectivity index (χ2n) is 3.41. The van der Waals surface area contributed by atoms with Crippen LogP contribution in [0, 0.1) is 13.8 Å². The number of carbonyl (C=O) groups is 2. The van der Waals surface area contributed by atoms with Crippen molar-refractivity contribution in [1.29, 1.82) is 0 Å². The van der Waals surface area contributed by atoms with Crippen molar-refractivity contribution in [2.45, 2.75) is 27.7 Å². The molecule has 1 heterocycles. The predicted octanol–water partition coefficient (Wildman–Crippen LogP) is 1.66. The SMILES string of the molecule is CC(=O)c1c(C)oc(C)c(C(C)=O)c1=O. The van der Waals surface area contributed by atoms with E-state index in [0.29, 0.717) is 0 Å². The Labute approximate surface area is 86.9 Å². The highest BCUT2D eigenvalue weighted by atomic mass is 16.3. The zero-order valence-electron chi connectivity index (χ0n) is 9.13. The molecular formula is C11H12O4. The Balaban J connectivity index is 3.72. The number of ketones is 2. The molecule has 0 saturated carbocycles. The van der Waals surface area contributed by atoms with Crippen molar-refractivity contribution in [2.24, 2.45) is 0 Å². The molecule has 0 aliphatic heterocycles. The smallest absolute Gasteiger partial charge is 0.206 e. The average Bonchev–Trinajstić information content (AvgIpc) is 1.99. The summed E-state index contributed by atoms with van der Waals surface area (Å²) in [6, 6.07) is 0. The summed E-state index contributed by atoms with van der Waals surface area (Å²) >= 11 is 0. The second-order valence-corrected chi connectivity index (χ2v) is 3.41. The van der Waals surface area contributed by atoms with E-state index in [9.17, 15) is 14.4 Å². The summed E-state index contributed by atoms with van der Waals surface area (Å²) in [7, 11) is 0. The third kappa shape index (κ3) is 1.88. The van der Waals surface area contributed by atoms with Gasteiger partial charge in [0.25, 0.3) is 0 Å². The van der Waals surface area contributed by atoms with Gasteiger partial charge in [0, 0.05) is 0 Å². The van der Waals surface area contributed by atoms with Gasteiger partial charge in [0.2, 0.25) is 5.43 Å². The molecule has 1 rings (SSSR count). The Kier molecular flexibility index (Phi) is 2.88. The first-order chi connectivity index (χ1) is 6.86. The third-order valence-corrected chi connectivity index (χ3v) is 2.17. The summed E-state index contributed by atoms with van der Waals surface area (Å²) < 4.78 is 5.20. The Morgan fingerprint density at radius 1 is 0.933 bits per heavy atom. The maximum atomic E-state index is 11.8. The Hall–Kier alpha value is -1.71. The zero-order valence-corrected chi connectivity index (χ0v) is 9.13. The molecule has 1 aromatic heterocycles. The van der Waals surface area contributed by atoms with Crippen LogP contribution in [-0.2, 0) is 0 Å². The van der Waals surface area contributed by atoms with Gasteiger partial charge < -0.3 is 4.42 Å².